The van der Waals surface area contributed by atoms with Gasteiger partial charge in [-0.25, -0.2) is 13.2 Å². The number of ether oxygens (including phenoxy) is 1. The number of aromatic amines is 1. The summed E-state index contributed by atoms with van der Waals surface area (Å²) < 4.78 is 30.1. The zero-order valence-electron chi connectivity index (χ0n) is 22.5. The summed E-state index contributed by atoms with van der Waals surface area (Å²) >= 11 is 0. The minimum absolute atomic E-state index is 0.193. The Morgan fingerprint density at radius 3 is 2.32 bits per heavy atom. The first-order valence-electron chi connectivity index (χ1n) is 13.0. The Kier molecular flexibility index (Phi) is 7.85. The zero-order chi connectivity index (χ0) is 29.0. The molecule has 5 aromatic rings. The number of carbonyl (C=O) groups is 1. The summed E-state index contributed by atoms with van der Waals surface area (Å²) in [5.41, 5.74) is 6.78. The molecule has 0 aliphatic carbocycles. The Balaban J connectivity index is 1.61. The second-order valence-corrected chi connectivity index (χ2v) is 11.6. The molecule has 0 bridgehead atoms. The van der Waals surface area contributed by atoms with Gasteiger partial charge in [0.05, 0.1) is 16.6 Å². The fourth-order valence-corrected chi connectivity index (χ4v) is 5.37. The molecule has 5 rings (SSSR count). The van der Waals surface area contributed by atoms with Crippen molar-refractivity contribution in [2.75, 3.05) is 6.26 Å². The lowest BCUT2D eigenvalue weighted by molar-refractivity contribution is -0.131. The lowest BCUT2D eigenvalue weighted by atomic mass is 9.87. The molecule has 0 fully saturated rings. The van der Waals surface area contributed by atoms with Crippen molar-refractivity contribution in [2.24, 2.45) is 0 Å². The molecule has 8 heteroatoms. The summed E-state index contributed by atoms with van der Waals surface area (Å²) in [4.78, 5) is 11.2. The molecule has 0 atom stereocenters. The maximum atomic E-state index is 12.0. The van der Waals surface area contributed by atoms with Gasteiger partial charge in [-0.15, -0.1) is 0 Å². The fourth-order valence-electron chi connectivity index (χ4n) is 4.72. The van der Waals surface area contributed by atoms with Crippen LogP contribution in [0.3, 0.4) is 0 Å². The molecule has 0 saturated heterocycles. The van der Waals surface area contributed by atoms with Crippen LogP contribution in [0.5, 0.6) is 11.5 Å². The van der Waals surface area contributed by atoms with E-state index in [2.05, 4.69) is 29.3 Å². The van der Waals surface area contributed by atoms with Gasteiger partial charge in [0.1, 0.15) is 11.5 Å². The molecule has 4 aromatic carbocycles. The smallest absolute Gasteiger partial charge is 0.328 e. The largest absolute Gasteiger partial charge is 0.478 e. The van der Waals surface area contributed by atoms with Crippen molar-refractivity contribution < 1.29 is 23.1 Å². The van der Waals surface area contributed by atoms with Crippen molar-refractivity contribution in [3.8, 4) is 11.5 Å². The zero-order valence-corrected chi connectivity index (χ0v) is 23.4. The Morgan fingerprint density at radius 2 is 1.61 bits per heavy atom. The van der Waals surface area contributed by atoms with E-state index in [4.69, 9.17) is 9.84 Å². The van der Waals surface area contributed by atoms with E-state index in [1.165, 1.54) is 12.3 Å². The van der Waals surface area contributed by atoms with Gasteiger partial charge in [-0.2, -0.15) is 5.10 Å². The summed E-state index contributed by atoms with van der Waals surface area (Å²) in [6, 6.07) is 28.1. The van der Waals surface area contributed by atoms with Crippen molar-refractivity contribution in [3.05, 3.63) is 126 Å². The molecule has 7 nitrogen and oxygen atoms in total. The van der Waals surface area contributed by atoms with E-state index in [9.17, 15) is 13.2 Å². The number of hydrogen-bond donors (Lipinski definition) is 2. The summed E-state index contributed by atoms with van der Waals surface area (Å²) in [6.45, 7) is 2.10. The van der Waals surface area contributed by atoms with Crippen LogP contribution in [0.15, 0.2) is 108 Å². The van der Waals surface area contributed by atoms with Gasteiger partial charge in [-0.3, -0.25) is 5.10 Å². The summed E-state index contributed by atoms with van der Waals surface area (Å²) in [7, 11) is -3.37. The van der Waals surface area contributed by atoms with Crippen LogP contribution in [0, 0.1) is 0 Å². The number of hydrogen-bond acceptors (Lipinski definition) is 5. The van der Waals surface area contributed by atoms with E-state index in [1.54, 1.807) is 30.5 Å². The molecule has 0 radical (unpaired) electrons. The maximum Gasteiger partial charge on any atom is 0.328 e. The number of sulfone groups is 1. The van der Waals surface area contributed by atoms with E-state index in [0.717, 1.165) is 50.4 Å². The van der Waals surface area contributed by atoms with Crippen molar-refractivity contribution in [1.82, 2.24) is 10.2 Å². The second-order valence-electron chi connectivity index (χ2n) is 9.55. The molecular weight excluding hydrogens is 536 g/mol. The third kappa shape index (κ3) is 6.45. The Morgan fingerprint density at radius 1 is 0.902 bits per heavy atom. The monoisotopic (exact) mass is 564 g/mol. The van der Waals surface area contributed by atoms with Crippen molar-refractivity contribution in [1.29, 1.82) is 0 Å². The first kappa shape index (κ1) is 27.6. The molecule has 0 amide bonds. The minimum atomic E-state index is -3.37. The van der Waals surface area contributed by atoms with E-state index in [1.807, 2.05) is 54.6 Å². The number of aromatic nitrogens is 2. The predicted octanol–water partition coefficient (Wildman–Crippen LogP) is 7.23. The van der Waals surface area contributed by atoms with Gasteiger partial charge in [0.2, 0.25) is 0 Å². The first-order valence-corrected chi connectivity index (χ1v) is 14.9. The van der Waals surface area contributed by atoms with Crippen LogP contribution in [0.4, 0.5) is 0 Å². The van der Waals surface area contributed by atoms with Crippen LogP contribution < -0.4 is 4.74 Å². The molecule has 0 spiro atoms. The number of carboxylic acids is 1. The van der Waals surface area contributed by atoms with Gasteiger partial charge in [-0.1, -0.05) is 55.5 Å². The first-order chi connectivity index (χ1) is 19.7. The number of allylic oxidation sites excluding steroid dienone is 1. The average molecular weight is 565 g/mol. The minimum Gasteiger partial charge on any atom is -0.478 e. The molecule has 1 aromatic heterocycles. The van der Waals surface area contributed by atoms with Gasteiger partial charge < -0.3 is 9.84 Å². The Hall–Kier alpha value is -4.95. The molecule has 2 N–H and O–H groups in total. The highest BCUT2D eigenvalue weighted by molar-refractivity contribution is 7.90. The van der Waals surface area contributed by atoms with E-state index in [-0.39, 0.29) is 4.90 Å². The topological polar surface area (TPSA) is 109 Å². The quantitative estimate of drug-likeness (QED) is 0.144. The maximum absolute atomic E-state index is 12.0. The normalized spacial score (nSPS) is 12.4. The standard InChI is InChI=1S/C33H28N2O5S/c1-3-30(24-6-4-7-27(19-24)40-28-8-5-9-29(20-28)41(2,38)39)33(25-15-16-31-26(18-25)21-34-35-31)23-13-10-22(11-14-23)12-17-32(36)37/h4-21H,3H2,1-2H3,(H,34,35)(H,36,37)/b17-12+,33-30+. The number of H-pyrrole nitrogens is 1. The molecule has 0 aliphatic rings. The van der Waals surface area contributed by atoms with Crippen LogP contribution in [-0.2, 0) is 14.6 Å². The highest BCUT2D eigenvalue weighted by atomic mass is 32.2. The van der Waals surface area contributed by atoms with E-state index < -0.39 is 15.8 Å². The fraction of sp³-hybridized carbons (Fsp3) is 0.0909. The van der Waals surface area contributed by atoms with Gasteiger partial charge in [0.25, 0.3) is 0 Å². The molecule has 0 unspecified atom stereocenters. The molecule has 0 saturated carbocycles. The lowest BCUT2D eigenvalue weighted by Crippen LogP contribution is -1.97. The number of fused-ring (bicyclic) bond motifs is 1. The lowest BCUT2D eigenvalue weighted by Gasteiger charge is -2.17. The highest BCUT2D eigenvalue weighted by Crippen LogP contribution is 2.37. The van der Waals surface area contributed by atoms with Crippen LogP contribution in [0.1, 0.15) is 35.6 Å². The molecule has 206 valence electrons. The summed E-state index contributed by atoms with van der Waals surface area (Å²) in [5, 5.41) is 17.1. The highest BCUT2D eigenvalue weighted by Gasteiger charge is 2.15. The molecule has 1 heterocycles. The third-order valence-corrected chi connectivity index (χ3v) is 7.76. The number of aliphatic carboxylic acids is 1. The van der Waals surface area contributed by atoms with Gasteiger partial charge >= 0.3 is 5.97 Å². The number of benzene rings is 4. The summed E-state index contributed by atoms with van der Waals surface area (Å²) in [6.07, 6.45) is 6.36. The van der Waals surface area contributed by atoms with Crippen LogP contribution in [0.2, 0.25) is 0 Å². The van der Waals surface area contributed by atoms with Crippen LogP contribution >= 0.6 is 0 Å². The number of carboxylic acid groups (broad SMARTS) is 1. The van der Waals surface area contributed by atoms with Gasteiger partial charge in [-0.05, 0) is 88.4 Å². The van der Waals surface area contributed by atoms with Gasteiger partial charge in [0, 0.05) is 17.7 Å². The average Bonchev–Trinajstić information content (AvgIpc) is 3.43. The van der Waals surface area contributed by atoms with E-state index >= 15 is 0 Å². The van der Waals surface area contributed by atoms with Crippen molar-refractivity contribution in [2.45, 2.75) is 18.2 Å². The Bertz CT molecular complexity index is 1900. The molecular formula is C33H28N2O5S. The third-order valence-electron chi connectivity index (χ3n) is 6.65. The van der Waals surface area contributed by atoms with Crippen LogP contribution in [-0.4, -0.2) is 35.9 Å². The van der Waals surface area contributed by atoms with Crippen molar-refractivity contribution in [3.63, 3.8) is 0 Å². The number of nitrogens with zero attached hydrogens (tertiary/aromatic N) is 1. The molecule has 41 heavy (non-hydrogen) atoms. The number of nitrogens with one attached hydrogen (secondary N) is 1. The summed E-state index contributed by atoms with van der Waals surface area (Å²) in [5.74, 6) is 0.0159. The molecule has 0 aliphatic heterocycles. The van der Waals surface area contributed by atoms with Gasteiger partial charge in [0.15, 0.2) is 9.84 Å². The van der Waals surface area contributed by atoms with Crippen LogP contribution in [0.25, 0.3) is 28.1 Å². The predicted molar refractivity (Wildman–Crippen MR) is 161 cm³/mol. The Labute approximate surface area is 238 Å². The second kappa shape index (κ2) is 11.7. The van der Waals surface area contributed by atoms with E-state index in [0.29, 0.717) is 17.9 Å². The SMILES string of the molecule is CC/C(=C(/c1ccc(/C=C/C(=O)O)cc1)c1ccc2[nH]ncc2c1)c1cccc(Oc2cccc(S(C)(=O)=O)c2)c1. The number of rotatable bonds is 9. The van der Waals surface area contributed by atoms with Crippen molar-refractivity contribution >= 4 is 43.9 Å².